The van der Waals surface area contributed by atoms with Crippen molar-refractivity contribution in [2.24, 2.45) is 0 Å². The summed E-state index contributed by atoms with van der Waals surface area (Å²) in [6, 6.07) is 5.00. The molecule has 1 rings (SSSR count). The van der Waals surface area contributed by atoms with Gasteiger partial charge in [0.2, 0.25) is 0 Å². The minimum Gasteiger partial charge on any atom is -0.480 e. The van der Waals surface area contributed by atoms with Crippen LogP contribution in [0.15, 0.2) is 18.2 Å². The number of aliphatic carboxylic acids is 1. The van der Waals surface area contributed by atoms with Gasteiger partial charge in [0.25, 0.3) is 5.91 Å². The summed E-state index contributed by atoms with van der Waals surface area (Å²) in [5, 5.41) is 9.69. The summed E-state index contributed by atoms with van der Waals surface area (Å²) in [4.78, 5) is 25.0. The Bertz CT molecular complexity index is 491. The molecule has 0 aliphatic carbocycles. The van der Waals surface area contributed by atoms with Crippen LogP contribution < -0.4 is 0 Å². The number of hydrogen-bond acceptors (Lipinski definition) is 2. The van der Waals surface area contributed by atoms with Crippen molar-refractivity contribution in [2.45, 2.75) is 33.2 Å². The molecular weight excluding hydrogens is 266 g/mol. The van der Waals surface area contributed by atoms with E-state index < -0.39 is 11.5 Å². The van der Waals surface area contributed by atoms with E-state index in [1.165, 1.54) is 18.7 Å². The molecule has 0 aliphatic heterocycles. The van der Waals surface area contributed by atoms with Crippen molar-refractivity contribution in [2.75, 3.05) is 6.54 Å². The summed E-state index contributed by atoms with van der Waals surface area (Å²) < 4.78 is 0. The van der Waals surface area contributed by atoms with E-state index in [1.807, 2.05) is 6.92 Å². The monoisotopic (exact) mass is 283 g/mol. The predicted octanol–water partition coefficient (Wildman–Crippen LogP) is 2.97. The molecule has 4 nitrogen and oxygen atoms in total. The van der Waals surface area contributed by atoms with Crippen molar-refractivity contribution < 1.29 is 14.7 Å². The van der Waals surface area contributed by atoms with E-state index in [1.54, 1.807) is 25.1 Å². The third kappa shape index (κ3) is 3.26. The molecule has 0 aromatic heterocycles. The highest BCUT2D eigenvalue weighted by Gasteiger charge is 2.37. The molecule has 0 atom stereocenters. The average molecular weight is 284 g/mol. The summed E-state index contributed by atoms with van der Waals surface area (Å²) in [5.74, 6) is -1.37. The minimum absolute atomic E-state index is 0.309. The molecule has 104 valence electrons. The molecular formula is C14H18ClNO3. The largest absolute Gasteiger partial charge is 0.480 e. The van der Waals surface area contributed by atoms with E-state index in [2.05, 4.69) is 0 Å². The molecule has 0 saturated carbocycles. The molecule has 0 heterocycles. The lowest BCUT2D eigenvalue weighted by Crippen LogP contribution is -2.52. The van der Waals surface area contributed by atoms with Gasteiger partial charge in [-0.2, -0.15) is 0 Å². The quantitative estimate of drug-likeness (QED) is 0.924. The number of carbonyl (C=O) groups is 2. The Morgan fingerprint density at radius 3 is 2.32 bits per heavy atom. The molecule has 1 N–H and O–H groups in total. The van der Waals surface area contributed by atoms with Gasteiger partial charge in [-0.05, 0) is 51.5 Å². The van der Waals surface area contributed by atoms with Crippen LogP contribution in [-0.4, -0.2) is 34.0 Å². The lowest BCUT2D eigenvalue weighted by molar-refractivity contribution is -0.147. The van der Waals surface area contributed by atoms with E-state index in [0.29, 0.717) is 17.1 Å². The van der Waals surface area contributed by atoms with E-state index in [4.69, 9.17) is 11.6 Å². The number of nitrogens with zero attached hydrogens (tertiary/aromatic N) is 1. The van der Waals surface area contributed by atoms with E-state index in [-0.39, 0.29) is 5.91 Å². The Morgan fingerprint density at radius 1 is 1.32 bits per heavy atom. The van der Waals surface area contributed by atoms with Gasteiger partial charge < -0.3 is 10.0 Å². The average Bonchev–Trinajstić information content (AvgIpc) is 2.27. The highest BCUT2D eigenvalue weighted by molar-refractivity contribution is 6.31. The number of benzene rings is 1. The first kappa shape index (κ1) is 15.5. The molecule has 1 amide bonds. The molecule has 0 spiro atoms. The van der Waals surface area contributed by atoms with Gasteiger partial charge in [0.15, 0.2) is 0 Å². The fourth-order valence-corrected chi connectivity index (χ4v) is 2.21. The standard InChI is InChI=1S/C14H18ClNO3/c1-5-16(14(3,4)13(18)19)12(17)10-6-9(2)7-11(15)8-10/h6-8H,5H2,1-4H3,(H,18,19). The number of rotatable bonds is 4. The van der Waals surface area contributed by atoms with Gasteiger partial charge >= 0.3 is 5.97 Å². The van der Waals surface area contributed by atoms with E-state index in [0.717, 1.165) is 5.56 Å². The maximum absolute atomic E-state index is 12.4. The molecule has 5 heteroatoms. The molecule has 0 radical (unpaired) electrons. The van der Waals surface area contributed by atoms with Gasteiger partial charge in [0, 0.05) is 17.1 Å². The van der Waals surface area contributed by atoms with Gasteiger partial charge in [-0.3, -0.25) is 4.79 Å². The summed E-state index contributed by atoms with van der Waals surface area (Å²) in [6.45, 7) is 6.91. The second-order valence-corrected chi connectivity index (χ2v) is 5.37. The number of amides is 1. The zero-order valence-electron chi connectivity index (χ0n) is 11.5. The van der Waals surface area contributed by atoms with Crippen LogP contribution in [0.1, 0.15) is 36.7 Å². The van der Waals surface area contributed by atoms with Crippen LogP contribution in [0, 0.1) is 6.92 Å². The van der Waals surface area contributed by atoms with Crippen LogP contribution in [0.25, 0.3) is 0 Å². The molecule has 1 aromatic rings. The smallest absolute Gasteiger partial charge is 0.329 e. The normalized spacial score (nSPS) is 11.2. The summed E-state index contributed by atoms with van der Waals surface area (Å²) in [7, 11) is 0. The molecule has 0 bridgehead atoms. The third-order valence-corrected chi connectivity index (χ3v) is 3.27. The topological polar surface area (TPSA) is 57.6 Å². The van der Waals surface area contributed by atoms with Crippen molar-refractivity contribution in [1.29, 1.82) is 0 Å². The van der Waals surface area contributed by atoms with Gasteiger partial charge in [0.1, 0.15) is 5.54 Å². The first-order valence-corrected chi connectivity index (χ1v) is 6.40. The Balaban J connectivity index is 3.19. The number of carboxylic acid groups (broad SMARTS) is 1. The Kier molecular flexibility index (Phi) is 4.58. The van der Waals surface area contributed by atoms with Crippen molar-refractivity contribution in [3.05, 3.63) is 34.3 Å². The second kappa shape index (κ2) is 5.61. The Hall–Kier alpha value is -1.55. The fourth-order valence-electron chi connectivity index (χ4n) is 1.92. The van der Waals surface area contributed by atoms with Crippen LogP contribution in [0.5, 0.6) is 0 Å². The van der Waals surface area contributed by atoms with Gasteiger partial charge in [-0.25, -0.2) is 4.79 Å². The first-order chi connectivity index (χ1) is 8.70. The maximum atomic E-state index is 12.4. The van der Waals surface area contributed by atoms with Crippen LogP contribution in [-0.2, 0) is 4.79 Å². The lowest BCUT2D eigenvalue weighted by atomic mass is 10.0. The SMILES string of the molecule is CCN(C(=O)c1cc(C)cc(Cl)c1)C(C)(C)C(=O)O. The fraction of sp³-hybridized carbons (Fsp3) is 0.429. The van der Waals surface area contributed by atoms with E-state index >= 15 is 0 Å². The number of aryl methyl sites for hydroxylation is 1. The molecule has 0 unspecified atom stereocenters. The number of carboxylic acids is 1. The Morgan fingerprint density at radius 2 is 1.89 bits per heavy atom. The van der Waals surface area contributed by atoms with Crippen LogP contribution in [0.4, 0.5) is 0 Å². The number of hydrogen-bond donors (Lipinski definition) is 1. The number of halogens is 1. The molecule has 0 aliphatic rings. The van der Waals surface area contributed by atoms with Crippen LogP contribution >= 0.6 is 11.6 Å². The molecule has 19 heavy (non-hydrogen) atoms. The van der Waals surface area contributed by atoms with Gasteiger partial charge in [0.05, 0.1) is 0 Å². The van der Waals surface area contributed by atoms with Crippen LogP contribution in [0.3, 0.4) is 0 Å². The summed E-state index contributed by atoms with van der Waals surface area (Å²) >= 11 is 5.93. The third-order valence-electron chi connectivity index (χ3n) is 3.05. The predicted molar refractivity (Wildman–Crippen MR) is 74.6 cm³/mol. The number of carbonyl (C=O) groups excluding carboxylic acids is 1. The van der Waals surface area contributed by atoms with Crippen molar-refractivity contribution in [3.63, 3.8) is 0 Å². The maximum Gasteiger partial charge on any atom is 0.329 e. The zero-order valence-corrected chi connectivity index (χ0v) is 12.3. The Labute approximate surface area is 118 Å². The summed E-state index contributed by atoms with van der Waals surface area (Å²) in [6.07, 6.45) is 0. The van der Waals surface area contributed by atoms with Gasteiger partial charge in [-0.15, -0.1) is 0 Å². The van der Waals surface area contributed by atoms with E-state index in [9.17, 15) is 14.7 Å². The van der Waals surface area contributed by atoms with Gasteiger partial charge in [-0.1, -0.05) is 11.6 Å². The summed E-state index contributed by atoms with van der Waals surface area (Å²) in [5.41, 5.74) is 0.00316. The highest BCUT2D eigenvalue weighted by atomic mass is 35.5. The first-order valence-electron chi connectivity index (χ1n) is 6.02. The van der Waals surface area contributed by atoms with Crippen molar-refractivity contribution >= 4 is 23.5 Å². The zero-order chi connectivity index (χ0) is 14.8. The lowest BCUT2D eigenvalue weighted by Gasteiger charge is -2.34. The van der Waals surface area contributed by atoms with Crippen LogP contribution in [0.2, 0.25) is 5.02 Å². The van der Waals surface area contributed by atoms with Crippen molar-refractivity contribution in [3.8, 4) is 0 Å². The molecule has 1 aromatic carbocycles. The highest BCUT2D eigenvalue weighted by Crippen LogP contribution is 2.21. The second-order valence-electron chi connectivity index (χ2n) is 4.93. The molecule has 0 fully saturated rings. The number of likely N-dealkylation sites (N-methyl/N-ethyl adjacent to an activating group) is 1. The minimum atomic E-state index is -1.26. The molecule has 0 saturated heterocycles. The van der Waals surface area contributed by atoms with Crippen molar-refractivity contribution in [1.82, 2.24) is 4.90 Å².